The third kappa shape index (κ3) is 3.93. The van der Waals surface area contributed by atoms with E-state index in [2.05, 4.69) is 12.2 Å². The van der Waals surface area contributed by atoms with E-state index < -0.39 is 5.41 Å². The van der Waals surface area contributed by atoms with Crippen molar-refractivity contribution in [1.29, 1.82) is 5.26 Å². The molecule has 1 atom stereocenters. The first kappa shape index (κ1) is 12.0. The van der Waals surface area contributed by atoms with E-state index in [1.54, 1.807) is 13.8 Å². The van der Waals surface area contributed by atoms with Crippen LogP contribution in [-0.4, -0.2) is 11.9 Å². The van der Waals surface area contributed by atoms with Crippen LogP contribution >= 0.6 is 0 Å². The lowest BCUT2D eigenvalue weighted by atomic mass is 9.94. The lowest BCUT2D eigenvalue weighted by molar-refractivity contribution is -0.127. The molecular weight excluding hydrogens is 164 g/mol. The van der Waals surface area contributed by atoms with Crippen molar-refractivity contribution in [2.24, 2.45) is 5.41 Å². The summed E-state index contributed by atoms with van der Waals surface area (Å²) in [6.07, 6.45) is 1.99. The third-order valence-electron chi connectivity index (χ3n) is 1.95. The zero-order chi connectivity index (χ0) is 10.5. The largest absolute Gasteiger partial charge is 0.352 e. The maximum Gasteiger partial charge on any atom is 0.240 e. The van der Waals surface area contributed by atoms with Gasteiger partial charge < -0.3 is 5.32 Å². The highest BCUT2D eigenvalue weighted by Crippen LogP contribution is 2.13. The molecule has 0 aromatic heterocycles. The highest BCUT2D eigenvalue weighted by atomic mass is 16.2. The van der Waals surface area contributed by atoms with Gasteiger partial charge in [-0.3, -0.25) is 4.79 Å². The van der Waals surface area contributed by atoms with Gasteiger partial charge in [0, 0.05) is 6.04 Å². The summed E-state index contributed by atoms with van der Waals surface area (Å²) in [7, 11) is 0. The second-order valence-corrected chi connectivity index (χ2v) is 3.90. The van der Waals surface area contributed by atoms with Gasteiger partial charge in [-0.25, -0.2) is 0 Å². The molecule has 0 aromatic rings. The summed E-state index contributed by atoms with van der Waals surface area (Å²) in [5.74, 6) is -0.184. The fourth-order valence-corrected chi connectivity index (χ4v) is 0.960. The number of amides is 1. The van der Waals surface area contributed by atoms with E-state index in [1.807, 2.05) is 13.0 Å². The van der Waals surface area contributed by atoms with Crippen LogP contribution in [0.3, 0.4) is 0 Å². The molecule has 1 unspecified atom stereocenters. The maximum atomic E-state index is 11.4. The van der Waals surface area contributed by atoms with Gasteiger partial charge in [0.1, 0.15) is 5.41 Å². The van der Waals surface area contributed by atoms with Gasteiger partial charge in [-0.15, -0.1) is 0 Å². The Hall–Kier alpha value is -1.04. The molecule has 3 nitrogen and oxygen atoms in total. The van der Waals surface area contributed by atoms with Crippen molar-refractivity contribution < 1.29 is 4.79 Å². The van der Waals surface area contributed by atoms with Crippen LogP contribution < -0.4 is 5.32 Å². The van der Waals surface area contributed by atoms with Gasteiger partial charge in [-0.2, -0.15) is 5.26 Å². The quantitative estimate of drug-likeness (QED) is 0.721. The molecule has 0 spiro atoms. The van der Waals surface area contributed by atoms with E-state index in [-0.39, 0.29) is 11.9 Å². The molecule has 0 rings (SSSR count). The van der Waals surface area contributed by atoms with Crippen LogP contribution in [0.5, 0.6) is 0 Å². The predicted octanol–water partition coefficient (Wildman–Crippen LogP) is 1.84. The number of rotatable bonds is 4. The first-order valence-electron chi connectivity index (χ1n) is 4.66. The second kappa shape index (κ2) is 4.86. The van der Waals surface area contributed by atoms with Gasteiger partial charge in [0.15, 0.2) is 0 Å². The number of nitriles is 1. The molecule has 74 valence electrons. The highest BCUT2D eigenvalue weighted by molar-refractivity contribution is 5.84. The Balaban J connectivity index is 4.09. The molecule has 0 saturated carbocycles. The van der Waals surface area contributed by atoms with Crippen LogP contribution in [0, 0.1) is 16.7 Å². The molecule has 0 saturated heterocycles. The molecule has 0 radical (unpaired) electrons. The molecule has 0 aromatic carbocycles. The summed E-state index contributed by atoms with van der Waals surface area (Å²) >= 11 is 0. The second-order valence-electron chi connectivity index (χ2n) is 3.90. The first-order chi connectivity index (χ1) is 5.94. The van der Waals surface area contributed by atoms with Crippen LogP contribution in [0.25, 0.3) is 0 Å². The van der Waals surface area contributed by atoms with Gasteiger partial charge >= 0.3 is 0 Å². The number of nitrogens with zero attached hydrogens (tertiary/aromatic N) is 1. The van der Waals surface area contributed by atoms with Crippen molar-refractivity contribution in [2.75, 3.05) is 0 Å². The minimum Gasteiger partial charge on any atom is -0.352 e. The predicted molar refractivity (Wildman–Crippen MR) is 51.9 cm³/mol. The van der Waals surface area contributed by atoms with E-state index in [1.165, 1.54) is 0 Å². The number of carbonyl (C=O) groups is 1. The summed E-state index contributed by atoms with van der Waals surface area (Å²) in [6, 6.07) is 2.13. The Morgan fingerprint density at radius 2 is 2.15 bits per heavy atom. The lowest BCUT2D eigenvalue weighted by Gasteiger charge is -2.19. The van der Waals surface area contributed by atoms with Crippen molar-refractivity contribution in [3.63, 3.8) is 0 Å². The standard InChI is InChI=1S/C10H18N2O/c1-5-6-8(2)12-9(13)10(3,4)7-11/h8H,5-6H2,1-4H3,(H,12,13). The molecule has 0 aliphatic heterocycles. The average molecular weight is 182 g/mol. The molecule has 13 heavy (non-hydrogen) atoms. The highest BCUT2D eigenvalue weighted by Gasteiger charge is 2.27. The molecule has 0 aliphatic rings. The monoisotopic (exact) mass is 182 g/mol. The summed E-state index contributed by atoms with van der Waals surface area (Å²) in [4.78, 5) is 11.4. The van der Waals surface area contributed by atoms with Crippen LogP contribution in [0.2, 0.25) is 0 Å². The number of carbonyl (C=O) groups excluding carboxylic acids is 1. The molecule has 3 heteroatoms. The van der Waals surface area contributed by atoms with E-state index in [4.69, 9.17) is 5.26 Å². The molecule has 0 aliphatic carbocycles. The fourth-order valence-electron chi connectivity index (χ4n) is 0.960. The normalized spacial score (nSPS) is 13.2. The van der Waals surface area contributed by atoms with Crippen molar-refractivity contribution in [1.82, 2.24) is 5.32 Å². The molecule has 1 amide bonds. The summed E-state index contributed by atoms with van der Waals surface area (Å²) in [5, 5.41) is 11.5. The van der Waals surface area contributed by atoms with Crippen LogP contribution in [0.4, 0.5) is 0 Å². The van der Waals surface area contributed by atoms with Crippen LogP contribution in [0.15, 0.2) is 0 Å². The molecule has 1 N–H and O–H groups in total. The van der Waals surface area contributed by atoms with E-state index in [9.17, 15) is 4.79 Å². The Labute approximate surface area is 80.1 Å². The zero-order valence-electron chi connectivity index (χ0n) is 8.85. The zero-order valence-corrected chi connectivity index (χ0v) is 8.85. The molecular formula is C10H18N2O. The van der Waals surface area contributed by atoms with Gasteiger partial charge in [-0.1, -0.05) is 13.3 Å². The number of hydrogen-bond acceptors (Lipinski definition) is 2. The SMILES string of the molecule is CCCC(C)NC(=O)C(C)(C)C#N. The van der Waals surface area contributed by atoms with Crippen molar-refractivity contribution in [2.45, 2.75) is 46.6 Å². The van der Waals surface area contributed by atoms with Gasteiger partial charge in [-0.05, 0) is 27.2 Å². The average Bonchev–Trinajstić information content (AvgIpc) is 2.04. The summed E-state index contributed by atoms with van der Waals surface area (Å²) in [5.41, 5.74) is -0.915. The van der Waals surface area contributed by atoms with E-state index in [0.717, 1.165) is 12.8 Å². The van der Waals surface area contributed by atoms with Crippen molar-refractivity contribution in [3.8, 4) is 6.07 Å². The first-order valence-corrected chi connectivity index (χ1v) is 4.66. The molecule has 0 bridgehead atoms. The van der Waals surface area contributed by atoms with Gasteiger partial charge in [0.05, 0.1) is 6.07 Å². The maximum absolute atomic E-state index is 11.4. The Morgan fingerprint density at radius 3 is 2.54 bits per heavy atom. The van der Waals surface area contributed by atoms with Crippen molar-refractivity contribution in [3.05, 3.63) is 0 Å². The third-order valence-corrected chi connectivity index (χ3v) is 1.95. The minimum absolute atomic E-state index is 0.158. The topological polar surface area (TPSA) is 52.9 Å². The van der Waals surface area contributed by atoms with Crippen LogP contribution in [-0.2, 0) is 4.79 Å². The number of hydrogen-bond donors (Lipinski definition) is 1. The molecule has 0 heterocycles. The van der Waals surface area contributed by atoms with Crippen LogP contribution in [0.1, 0.15) is 40.5 Å². The number of nitrogens with one attached hydrogen (secondary N) is 1. The van der Waals surface area contributed by atoms with Crippen molar-refractivity contribution >= 4 is 5.91 Å². The Morgan fingerprint density at radius 1 is 1.62 bits per heavy atom. The Bertz CT molecular complexity index is 215. The van der Waals surface area contributed by atoms with E-state index >= 15 is 0 Å². The van der Waals surface area contributed by atoms with Gasteiger partial charge in [0.2, 0.25) is 5.91 Å². The fraction of sp³-hybridized carbons (Fsp3) is 0.800. The van der Waals surface area contributed by atoms with Gasteiger partial charge in [0.25, 0.3) is 0 Å². The molecule has 0 fully saturated rings. The summed E-state index contributed by atoms with van der Waals surface area (Å²) in [6.45, 7) is 7.27. The summed E-state index contributed by atoms with van der Waals surface area (Å²) < 4.78 is 0. The minimum atomic E-state index is -0.915. The lowest BCUT2D eigenvalue weighted by Crippen LogP contribution is -2.40. The Kier molecular flexibility index (Phi) is 4.47. The smallest absolute Gasteiger partial charge is 0.240 e. The van der Waals surface area contributed by atoms with E-state index in [0.29, 0.717) is 0 Å².